The van der Waals surface area contributed by atoms with E-state index in [0.29, 0.717) is 0 Å². The van der Waals surface area contributed by atoms with Gasteiger partial charge in [-0.25, -0.2) is 9.97 Å². The summed E-state index contributed by atoms with van der Waals surface area (Å²) in [5, 5.41) is 3.22. The van der Waals surface area contributed by atoms with Crippen LogP contribution in [-0.4, -0.2) is 60.7 Å². The van der Waals surface area contributed by atoms with Crippen molar-refractivity contribution >= 4 is 11.6 Å². The Morgan fingerprint density at radius 1 is 1.33 bits per heavy atom. The summed E-state index contributed by atoms with van der Waals surface area (Å²) in [5.74, 6) is 1.83. The van der Waals surface area contributed by atoms with Gasteiger partial charge in [0.05, 0.1) is 0 Å². The van der Waals surface area contributed by atoms with E-state index in [1.54, 1.807) is 6.33 Å². The van der Waals surface area contributed by atoms with E-state index in [2.05, 4.69) is 32.1 Å². The van der Waals surface area contributed by atoms with E-state index < -0.39 is 0 Å². The first-order chi connectivity index (χ1) is 8.65. The third-order valence-electron chi connectivity index (χ3n) is 3.09. The van der Waals surface area contributed by atoms with Crippen LogP contribution in [0.25, 0.3) is 0 Å². The van der Waals surface area contributed by atoms with E-state index in [1.165, 1.54) is 0 Å². The number of anilines is 2. The molecule has 0 aromatic carbocycles. The van der Waals surface area contributed by atoms with Crippen molar-refractivity contribution in [3.05, 3.63) is 12.4 Å². The molecule has 2 heterocycles. The lowest BCUT2D eigenvalue weighted by atomic mass is 10.3. The summed E-state index contributed by atoms with van der Waals surface area (Å²) in [6.07, 6.45) is 1.61. The lowest BCUT2D eigenvalue weighted by Crippen LogP contribution is -2.44. The highest BCUT2D eigenvalue weighted by Crippen LogP contribution is 2.15. The van der Waals surface area contributed by atoms with Crippen molar-refractivity contribution in [3.63, 3.8) is 0 Å². The molecule has 18 heavy (non-hydrogen) atoms. The molecule has 0 spiro atoms. The van der Waals surface area contributed by atoms with Crippen LogP contribution < -0.4 is 16.0 Å². The number of nitrogens with two attached hydrogens (primary N) is 1. The summed E-state index contributed by atoms with van der Waals surface area (Å²) in [5.41, 5.74) is 5.71. The number of likely N-dealkylation sites (N-methyl/N-ethyl adjacent to an activating group) is 1. The van der Waals surface area contributed by atoms with Gasteiger partial charge in [-0.05, 0) is 14.0 Å². The smallest absolute Gasteiger partial charge is 0.134 e. The van der Waals surface area contributed by atoms with Crippen molar-refractivity contribution in [2.45, 2.75) is 13.0 Å². The van der Waals surface area contributed by atoms with Gasteiger partial charge in [-0.3, -0.25) is 0 Å². The average Bonchev–Trinajstić information content (AvgIpc) is 2.37. The van der Waals surface area contributed by atoms with Crippen molar-refractivity contribution in [1.29, 1.82) is 0 Å². The third-order valence-corrected chi connectivity index (χ3v) is 3.09. The molecule has 1 unspecified atom stereocenters. The Kier molecular flexibility index (Phi) is 4.33. The van der Waals surface area contributed by atoms with Gasteiger partial charge in [0.25, 0.3) is 0 Å². The van der Waals surface area contributed by atoms with Gasteiger partial charge in [0.2, 0.25) is 0 Å². The quantitative estimate of drug-likeness (QED) is 0.783. The van der Waals surface area contributed by atoms with Crippen LogP contribution in [0, 0.1) is 0 Å². The lowest BCUT2D eigenvalue weighted by Gasteiger charge is -2.33. The molecule has 6 heteroatoms. The topological polar surface area (TPSA) is 70.3 Å². The molecule has 0 aliphatic carbocycles. The van der Waals surface area contributed by atoms with Gasteiger partial charge in [0.1, 0.15) is 18.0 Å². The van der Waals surface area contributed by atoms with Crippen LogP contribution in [0.4, 0.5) is 11.6 Å². The predicted molar refractivity (Wildman–Crippen MR) is 73.9 cm³/mol. The monoisotopic (exact) mass is 250 g/mol. The lowest BCUT2D eigenvalue weighted by molar-refractivity contribution is 0.312. The maximum absolute atomic E-state index is 5.71. The summed E-state index contributed by atoms with van der Waals surface area (Å²) in [6, 6.07) is 2.11. The minimum Gasteiger partial charge on any atom is -0.368 e. The van der Waals surface area contributed by atoms with Crippen molar-refractivity contribution < 1.29 is 0 Å². The van der Waals surface area contributed by atoms with E-state index >= 15 is 0 Å². The van der Waals surface area contributed by atoms with Gasteiger partial charge in [-0.1, -0.05) is 0 Å². The number of hydrogen-bond donors (Lipinski definition) is 2. The Hall–Kier alpha value is -1.40. The summed E-state index contributed by atoms with van der Waals surface area (Å²) >= 11 is 0. The Bertz CT molecular complexity index is 373. The molecule has 1 aliphatic rings. The van der Waals surface area contributed by atoms with E-state index in [4.69, 9.17) is 5.73 Å². The highest BCUT2D eigenvalue weighted by molar-refractivity contribution is 5.48. The van der Waals surface area contributed by atoms with Crippen LogP contribution in [0.15, 0.2) is 12.4 Å². The number of nitrogens with zero attached hydrogens (tertiary/aromatic N) is 4. The van der Waals surface area contributed by atoms with Crippen LogP contribution in [0.3, 0.4) is 0 Å². The Labute approximate surface area is 108 Å². The highest BCUT2D eigenvalue weighted by atomic mass is 15.3. The zero-order valence-electron chi connectivity index (χ0n) is 11.1. The Morgan fingerprint density at radius 3 is 2.72 bits per heavy atom. The van der Waals surface area contributed by atoms with Gasteiger partial charge < -0.3 is 20.9 Å². The van der Waals surface area contributed by atoms with Gasteiger partial charge >= 0.3 is 0 Å². The summed E-state index contributed by atoms with van der Waals surface area (Å²) in [4.78, 5) is 13.2. The van der Waals surface area contributed by atoms with Crippen LogP contribution in [0.2, 0.25) is 0 Å². The highest BCUT2D eigenvalue weighted by Gasteiger charge is 2.15. The van der Waals surface area contributed by atoms with Gasteiger partial charge in [0, 0.05) is 44.8 Å². The first-order valence-corrected chi connectivity index (χ1v) is 6.40. The number of hydrogen-bond acceptors (Lipinski definition) is 6. The van der Waals surface area contributed by atoms with E-state index in [1.807, 2.05) is 13.0 Å². The van der Waals surface area contributed by atoms with Crippen LogP contribution in [0.5, 0.6) is 0 Å². The largest absolute Gasteiger partial charge is 0.368 e. The maximum atomic E-state index is 5.71. The van der Waals surface area contributed by atoms with Gasteiger partial charge in [-0.2, -0.15) is 0 Å². The zero-order valence-corrected chi connectivity index (χ0v) is 11.1. The Balaban J connectivity index is 1.98. The Morgan fingerprint density at radius 2 is 2.06 bits per heavy atom. The molecule has 1 aromatic rings. The standard InChI is InChI=1S/C12H22N6/c1-10(13)8-14-11-7-12(16-9-15-11)18-5-3-17(2)4-6-18/h7,9-10H,3-6,8,13H2,1-2H3,(H,14,15,16). The number of rotatable bonds is 4. The molecule has 0 radical (unpaired) electrons. The molecular weight excluding hydrogens is 228 g/mol. The fourth-order valence-corrected chi connectivity index (χ4v) is 1.92. The van der Waals surface area contributed by atoms with Crippen LogP contribution >= 0.6 is 0 Å². The van der Waals surface area contributed by atoms with E-state index in [9.17, 15) is 0 Å². The van der Waals surface area contributed by atoms with Crippen molar-refractivity contribution in [2.24, 2.45) is 5.73 Å². The first kappa shape index (κ1) is 13.0. The van der Waals surface area contributed by atoms with Gasteiger partial charge in [0.15, 0.2) is 0 Å². The summed E-state index contributed by atoms with van der Waals surface area (Å²) in [7, 11) is 2.15. The summed E-state index contributed by atoms with van der Waals surface area (Å²) in [6.45, 7) is 6.87. The van der Waals surface area contributed by atoms with Crippen LogP contribution in [-0.2, 0) is 0 Å². The van der Waals surface area contributed by atoms with Gasteiger partial charge in [-0.15, -0.1) is 0 Å². The third kappa shape index (κ3) is 3.54. The molecule has 1 aromatic heterocycles. The molecule has 1 fully saturated rings. The van der Waals surface area contributed by atoms with E-state index in [-0.39, 0.29) is 6.04 Å². The molecule has 3 N–H and O–H groups in total. The fraction of sp³-hybridized carbons (Fsp3) is 0.667. The predicted octanol–water partition coefficient (Wildman–Crippen LogP) is -0.0125. The molecule has 1 saturated heterocycles. The summed E-state index contributed by atoms with van der Waals surface area (Å²) < 4.78 is 0. The van der Waals surface area contributed by atoms with Crippen molar-refractivity contribution in [2.75, 3.05) is 50.0 Å². The second-order valence-electron chi connectivity index (χ2n) is 4.91. The molecule has 6 nitrogen and oxygen atoms in total. The molecule has 1 aliphatic heterocycles. The molecule has 1 atom stereocenters. The molecule has 0 bridgehead atoms. The van der Waals surface area contributed by atoms with Crippen LogP contribution in [0.1, 0.15) is 6.92 Å². The normalized spacial score (nSPS) is 18.7. The molecule has 100 valence electrons. The minimum absolute atomic E-state index is 0.118. The number of piperazine rings is 1. The second kappa shape index (κ2) is 5.97. The SMILES string of the molecule is CC(N)CNc1cc(N2CCN(C)CC2)ncn1. The van der Waals surface area contributed by atoms with Crippen molar-refractivity contribution in [1.82, 2.24) is 14.9 Å². The van der Waals surface area contributed by atoms with Crippen molar-refractivity contribution in [3.8, 4) is 0 Å². The maximum Gasteiger partial charge on any atom is 0.134 e. The molecule has 0 saturated carbocycles. The number of aromatic nitrogens is 2. The fourth-order valence-electron chi connectivity index (χ4n) is 1.92. The number of nitrogens with one attached hydrogen (secondary N) is 1. The first-order valence-electron chi connectivity index (χ1n) is 6.40. The minimum atomic E-state index is 0.118. The zero-order chi connectivity index (χ0) is 13.0. The van der Waals surface area contributed by atoms with E-state index in [0.717, 1.165) is 44.4 Å². The second-order valence-corrected chi connectivity index (χ2v) is 4.91. The molecule has 0 amide bonds. The average molecular weight is 250 g/mol. The molecule has 2 rings (SSSR count). The molecular formula is C12H22N6.